The highest BCUT2D eigenvalue weighted by Gasteiger charge is 2.17. The first kappa shape index (κ1) is 7.80. The molecule has 58 valence electrons. The quantitative estimate of drug-likeness (QED) is 0.561. The molecule has 0 fully saturated rings. The Kier molecular flexibility index (Phi) is 1.69. The lowest BCUT2D eigenvalue weighted by Crippen LogP contribution is -2.13. The van der Waals surface area contributed by atoms with Crippen LogP contribution >= 0.6 is 0 Å². The minimum atomic E-state index is -0.0118. The van der Waals surface area contributed by atoms with Gasteiger partial charge in [0.25, 0.3) is 0 Å². The summed E-state index contributed by atoms with van der Waals surface area (Å²) in [5, 5.41) is 6.62. The normalized spacial score (nSPS) is 11.1. The fourth-order valence-electron chi connectivity index (χ4n) is 0.662. The van der Waals surface area contributed by atoms with E-state index in [9.17, 15) is 0 Å². The molecule has 0 saturated heterocycles. The largest absolute Gasteiger partial charge is 0.262 e. The second-order valence-electron chi connectivity index (χ2n) is 3.40. The highest BCUT2D eigenvalue weighted by Crippen LogP contribution is 2.16. The summed E-state index contributed by atoms with van der Waals surface area (Å²) in [5.41, 5.74) is -0.0118. The van der Waals surface area contributed by atoms with Crippen LogP contribution in [0.5, 0.6) is 0 Å². The molecule has 0 bridgehead atoms. The number of rotatable bonds is 0. The monoisotopic (exact) mass is 149 g/mol. The zero-order valence-electron chi connectivity index (χ0n) is 6.97. The molecule has 1 heterocycles. The molecule has 0 aliphatic carbocycles. The molecule has 0 amide bonds. The van der Waals surface area contributed by atoms with E-state index in [-0.39, 0.29) is 5.41 Å². The van der Waals surface area contributed by atoms with Gasteiger partial charge in [-0.2, -0.15) is 0 Å². The summed E-state index contributed by atoms with van der Waals surface area (Å²) in [5.74, 6) is 3.62. The van der Waals surface area contributed by atoms with E-state index in [1.54, 1.807) is 0 Å². The Hall–Kier alpha value is -1.30. The average molecular weight is 149 g/mol. The fraction of sp³-hybridized carbons (Fsp3) is 0.500. The number of nitrogens with one attached hydrogen (secondary N) is 1. The second-order valence-corrected chi connectivity index (χ2v) is 3.40. The number of terminal acetylenes is 1. The standard InChI is InChI=1S/C8H11N3/c1-5-6-9-7(11-10-6)8(2,3)4/h1H,2-4H3,(H,9,10,11). The van der Waals surface area contributed by atoms with Gasteiger partial charge >= 0.3 is 0 Å². The highest BCUT2D eigenvalue weighted by atomic mass is 15.2. The van der Waals surface area contributed by atoms with Gasteiger partial charge in [-0.25, -0.2) is 4.98 Å². The van der Waals surface area contributed by atoms with Crippen LogP contribution in [0.15, 0.2) is 0 Å². The number of H-pyrrole nitrogens is 1. The SMILES string of the molecule is C#Cc1n[nH]c(C(C)(C)C)n1. The van der Waals surface area contributed by atoms with Crippen molar-refractivity contribution in [1.82, 2.24) is 15.2 Å². The van der Waals surface area contributed by atoms with E-state index >= 15 is 0 Å². The molecule has 0 unspecified atom stereocenters. The number of aromatic amines is 1. The summed E-state index contributed by atoms with van der Waals surface area (Å²) >= 11 is 0. The number of nitrogens with zero attached hydrogens (tertiary/aromatic N) is 2. The maximum atomic E-state index is 5.11. The average Bonchev–Trinajstić information content (AvgIpc) is 2.32. The van der Waals surface area contributed by atoms with Crippen LogP contribution in [0.25, 0.3) is 0 Å². The van der Waals surface area contributed by atoms with Gasteiger partial charge in [-0.3, -0.25) is 5.10 Å². The summed E-state index contributed by atoms with van der Waals surface area (Å²) in [4.78, 5) is 4.10. The Morgan fingerprint density at radius 1 is 1.45 bits per heavy atom. The molecule has 0 atom stereocenters. The van der Waals surface area contributed by atoms with Crippen molar-refractivity contribution in [3.63, 3.8) is 0 Å². The van der Waals surface area contributed by atoms with Crippen LogP contribution in [0.1, 0.15) is 32.4 Å². The van der Waals surface area contributed by atoms with Gasteiger partial charge in [0.1, 0.15) is 5.82 Å². The van der Waals surface area contributed by atoms with Gasteiger partial charge in [0, 0.05) is 5.41 Å². The molecule has 0 radical (unpaired) electrons. The van der Waals surface area contributed by atoms with Crippen molar-refractivity contribution in [3.05, 3.63) is 11.6 Å². The van der Waals surface area contributed by atoms with Crippen LogP contribution < -0.4 is 0 Å². The van der Waals surface area contributed by atoms with Gasteiger partial charge in [-0.1, -0.05) is 20.8 Å². The molecule has 1 aromatic heterocycles. The van der Waals surface area contributed by atoms with E-state index < -0.39 is 0 Å². The molecule has 1 rings (SSSR count). The number of aromatic nitrogens is 3. The van der Waals surface area contributed by atoms with Crippen molar-refractivity contribution < 1.29 is 0 Å². The molecular weight excluding hydrogens is 138 g/mol. The van der Waals surface area contributed by atoms with E-state index in [0.29, 0.717) is 5.82 Å². The van der Waals surface area contributed by atoms with Crippen molar-refractivity contribution in [2.75, 3.05) is 0 Å². The van der Waals surface area contributed by atoms with Crippen LogP contribution in [-0.2, 0) is 5.41 Å². The molecule has 3 heteroatoms. The third-order valence-corrected chi connectivity index (χ3v) is 1.32. The van der Waals surface area contributed by atoms with Crippen molar-refractivity contribution in [3.8, 4) is 12.3 Å². The Morgan fingerprint density at radius 2 is 2.09 bits per heavy atom. The minimum absolute atomic E-state index is 0.0118. The molecule has 0 aromatic carbocycles. The molecule has 1 N–H and O–H groups in total. The second kappa shape index (κ2) is 2.39. The molecule has 0 spiro atoms. The Morgan fingerprint density at radius 3 is 2.36 bits per heavy atom. The van der Waals surface area contributed by atoms with E-state index in [1.807, 2.05) is 20.8 Å². The zero-order valence-corrected chi connectivity index (χ0v) is 6.97. The highest BCUT2D eigenvalue weighted by molar-refractivity contribution is 5.16. The number of hydrogen-bond acceptors (Lipinski definition) is 2. The number of hydrogen-bond donors (Lipinski definition) is 1. The molecule has 0 aliphatic heterocycles. The van der Waals surface area contributed by atoms with Crippen LogP contribution in [-0.4, -0.2) is 15.2 Å². The molecule has 3 nitrogen and oxygen atoms in total. The van der Waals surface area contributed by atoms with Gasteiger partial charge in [0.05, 0.1) is 0 Å². The lowest BCUT2D eigenvalue weighted by atomic mass is 9.96. The molecule has 1 aromatic rings. The lowest BCUT2D eigenvalue weighted by molar-refractivity contribution is 0.548. The Labute approximate surface area is 66.2 Å². The van der Waals surface area contributed by atoms with E-state index in [2.05, 4.69) is 21.1 Å². The minimum Gasteiger partial charge on any atom is -0.262 e. The van der Waals surface area contributed by atoms with Crippen molar-refractivity contribution in [2.24, 2.45) is 0 Å². The van der Waals surface area contributed by atoms with Gasteiger partial charge < -0.3 is 0 Å². The smallest absolute Gasteiger partial charge is 0.225 e. The van der Waals surface area contributed by atoms with Crippen LogP contribution in [0.2, 0.25) is 0 Å². The predicted octanol–water partition coefficient (Wildman–Crippen LogP) is 1.08. The van der Waals surface area contributed by atoms with Crippen molar-refractivity contribution in [1.29, 1.82) is 0 Å². The van der Waals surface area contributed by atoms with Gasteiger partial charge in [0.15, 0.2) is 0 Å². The molecule has 0 saturated carbocycles. The van der Waals surface area contributed by atoms with E-state index in [4.69, 9.17) is 6.42 Å². The Bertz CT molecular complexity index is 285. The summed E-state index contributed by atoms with van der Waals surface area (Å²) in [6.45, 7) is 6.15. The topological polar surface area (TPSA) is 41.6 Å². The maximum absolute atomic E-state index is 5.11. The van der Waals surface area contributed by atoms with Crippen molar-refractivity contribution >= 4 is 0 Å². The Balaban J connectivity index is 3.01. The predicted molar refractivity (Wildman–Crippen MR) is 43.0 cm³/mol. The van der Waals surface area contributed by atoms with Crippen LogP contribution in [0.3, 0.4) is 0 Å². The first-order valence-electron chi connectivity index (χ1n) is 3.43. The molecular formula is C8H11N3. The van der Waals surface area contributed by atoms with Gasteiger partial charge in [-0.05, 0) is 5.92 Å². The summed E-state index contributed by atoms with van der Waals surface area (Å²) < 4.78 is 0. The third-order valence-electron chi connectivity index (χ3n) is 1.32. The van der Waals surface area contributed by atoms with E-state index in [1.165, 1.54) is 0 Å². The maximum Gasteiger partial charge on any atom is 0.225 e. The summed E-state index contributed by atoms with van der Waals surface area (Å²) in [6, 6.07) is 0. The first-order chi connectivity index (χ1) is 5.04. The summed E-state index contributed by atoms with van der Waals surface area (Å²) in [7, 11) is 0. The van der Waals surface area contributed by atoms with Crippen LogP contribution in [0.4, 0.5) is 0 Å². The lowest BCUT2D eigenvalue weighted by Gasteiger charge is -2.12. The van der Waals surface area contributed by atoms with Gasteiger partial charge in [-0.15, -0.1) is 11.5 Å². The molecule has 0 aliphatic rings. The zero-order chi connectivity index (χ0) is 8.48. The van der Waals surface area contributed by atoms with Gasteiger partial charge in [0.2, 0.25) is 5.82 Å². The summed E-state index contributed by atoms with van der Waals surface area (Å²) in [6.07, 6.45) is 5.11. The molecule has 11 heavy (non-hydrogen) atoms. The third kappa shape index (κ3) is 1.58. The van der Waals surface area contributed by atoms with Crippen molar-refractivity contribution in [2.45, 2.75) is 26.2 Å². The van der Waals surface area contributed by atoms with Crippen LogP contribution in [0, 0.1) is 12.3 Å². The first-order valence-corrected chi connectivity index (χ1v) is 3.43. The fourth-order valence-corrected chi connectivity index (χ4v) is 0.662. The van der Waals surface area contributed by atoms with E-state index in [0.717, 1.165) is 5.82 Å².